The van der Waals surface area contributed by atoms with Crippen molar-refractivity contribution in [2.45, 2.75) is 13.0 Å². The largest absolute Gasteiger partial charge is 0.482 e. The molecule has 2 amide bonds. The maximum Gasteiger partial charge on any atom is 0.262 e. The first kappa shape index (κ1) is 15.6. The van der Waals surface area contributed by atoms with Crippen LogP contribution in [0, 0.1) is 11.3 Å². The summed E-state index contributed by atoms with van der Waals surface area (Å²) in [6, 6.07) is 13.6. The molecule has 0 saturated heterocycles. The maximum atomic E-state index is 12.3. The molecule has 0 unspecified atom stereocenters. The second-order valence-corrected chi connectivity index (χ2v) is 5.48. The topological polar surface area (TPSA) is 91.2 Å². The first-order chi connectivity index (χ1) is 11.6. The fourth-order valence-corrected chi connectivity index (χ4v) is 2.46. The van der Waals surface area contributed by atoms with E-state index in [0.29, 0.717) is 22.6 Å². The van der Waals surface area contributed by atoms with Crippen molar-refractivity contribution in [1.82, 2.24) is 5.32 Å². The predicted molar refractivity (Wildman–Crippen MR) is 87.6 cm³/mol. The van der Waals surface area contributed by atoms with Gasteiger partial charge in [-0.25, -0.2) is 0 Å². The van der Waals surface area contributed by atoms with E-state index in [-0.39, 0.29) is 24.5 Å². The summed E-state index contributed by atoms with van der Waals surface area (Å²) in [6.07, 6.45) is 0. The molecule has 1 aliphatic rings. The number of ether oxygens (including phenoxy) is 1. The molecule has 0 aliphatic carbocycles. The second kappa shape index (κ2) is 6.42. The van der Waals surface area contributed by atoms with E-state index in [4.69, 9.17) is 10.00 Å². The minimum Gasteiger partial charge on any atom is -0.482 e. The monoisotopic (exact) mass is 321 g/mol. The molecule has 1 heterocycles. The van der Waals surface area contributed by atoms with Crippen LogP contribution >= 0.6 is 0 Å². The Labute approximate surface area is 139 Å². The average molecular weight is 321 g/mol. The lowest BCUT2D eigenvalue weighted by molar-refractivity contribution is -0.118. The minimum atomic E-state index is -0.271. The van der Waals surface area contributed by atoms with E-state index < -0.39 is 0 Å². The lowest BCUT2D eigenvalue weighted by Gasteiger charge is -2.21. The molecule has 24 heavy (non-hydrogen) atoms. The Bertz CT molecular complexity index is 855. The Hall–Kier alpha value is -3.33. The van der Waals surface area contributed by atoms with Gasteiger partial charge < -0.3 is 15.4 Å². The van der Waals surface area contributed by atoms with Crippen LogP contribution < -0.4 is 15.4 Å². The van der Waals surface area contributed by atoms with Gasteiger partial charge in [0.15, 0.2) is 6.61 Å². The van der Waals surface area contributed by atoms with E-state index in [0.717, 1.165) is 5.56 Å². The van der Waals surface area contributed by atoms with Gasteiger partial charge in [0.25, 0.3) is 11.8 Å². The van der Waals surface area contributed by atoms with Gasteiger partial charge in [0, 0.05) is 5.56 Å². The standard InChI is InChI=1S/C18H15N3O3/c1-11(20-18(23)14-4-2-3-12(7-14)9-19)13-5-6-16-15(8-13)21-17(22)10-24-16/h2-8,11H,10H2,1H3,(H,20,23)(H,21,22)/t11-/m1/s1. The van der Waals surface area contributed by atoms with Crippen molar-refractivity contribution < 1.29 is 14.3 Å². The van der Waals surface area contributed by atoms with Crippen molar-refractivity contribution in [2.24, 2.45) is 0 Å². The molecule has 0 bridgehead atoms. The van der Waals surface area contributed by atoms with E-state index in [1.54, 1.807) is 36.4 Å². The molecule has 0 aromatic heterocycles. The van der Waals surface area contributed by atoms with Gasteiger partial charge in [0.2, 0.25) is 0 Å². The number of fused-ring (bicyclic) bond motifs is 1. The fraction of sp³-hybridized carbons (Fsp3) is 0.167. The summed E-state index contributed by atoms with van der Waals surface area (Å²) in [5, 5.41) is 14.5. The van der Waals surface area contributed by atoms with E-state index in [9.17, 15) is 9.59 Å². The molecule has 0 radical (unpaired) electrons. The summed E-state index contributed by atoms with van der Waals surface area (Å²) >= 11 is 0. The Morgan fingerprint density at radius 3 is 2.96 bits per heavy atom. The van der Waals surface area contributed by atoms with Gasteiger partial charge in [-0.2, -0.15) is 5.26 Å². The third-order valence-corrected chi connectivity index (χ3v) is 3.74. The summed E-state index contributed by atoms with van der Waals surface area (Å²) in [6.45, 7) is 1.85. The number of hydrogen-bond acceptors (Lipinski definition) is 4. The summed E-state index contributed by atoms with van der Waals surface area (Å²) in [5.74, 6) is 0.140. The maximum absolute atomic E-state index is 12.3. The van der Waals surface area contributed by atoms with E-state index in [1.807, 2.05) is 19.1 Å². The molecule has 2 N–H and O–H groups in total. The van der Waals surface area contributed by atoms with Gasteiger partial charge >= 0.3 is 0 Å². The summed E-state index contributed by atoms with van der Waals surface area (Å²) in [5.41, 5.74) is 2.29. The molecule has 120 valence electrons. The van der Waals surface area contributed by atoms with Crippen LogP contribution in [0.1, 0.15) is 34.5 Å². The van der Waals surface area contributed by atoms with Gasteiger partial charge in [0.1, 0.15) is 5.75 Å². The Morgan fingerprint density at radius 1 is 1.33 bits per heavy atom. The van der Waals surface area contributed by atoms with Crippen molar-refractivity contribution in [2.75, 3.05) is 11.9 Å². The molecule has 1 aliphatic heterocycles. The predicted octanol–water partition coefficient (Wildman–Crippen LogP) is 2.38. The van der Waals surface area contributed by atoms with E-state index >= 15 is 0 Å². The SMILES string of the molecule is C[C@@H](NC(=O)c1cccc(C#N)c1)c1ccc2c(c1)NC(=O)CO2. The smallest absolute Gasteiger partial charge is 0.262 e. The number of benzene rings is 2. The highest BCUT2D eigenvalue weighted by molar-refractivity contribution is 5.96. The molecule has 6 nitrogen and oxygen atoms in total. The minimum absolute atomic E-state index is 0.00781. The van der Waals surface area contributed by atoms with Gasteiger partial charge in [-0.15, -0.1) is 0 Å². The first-order valence-corrected chi connectivity index (χ1v) is 7.44. The zero-order valence-corrected chi connectivity index (χ0v) is 13.0. The number of hydrogen-bond donors (Lipinski definition) is 2. The quantitative estimate of drug-likeness (QED) is 0.908. The zero-order chi connectivity index (χ0) is 17.1. The highest BCUT2D eigenvalue weighted by Gasteiger charge is 2.18. The van der Waals surface area contributed by atoms with Gasteiger partial charge in [-0.3, -0.25) is 9.59 Å². The molecular weight excluding hydrogens is 306 g/mol. The average Bonchev–Trinajstić information content (AvgIpc) is 2.61. The summed E-state index contributed by atoms with van der Waals surface area (Å²) in [7, 11) is 0. The van der Waals surface area contributed by atoms with Crippen molar-refractivity contribution >= 4 is 17.5 Å². The summed E-state index contributed by atoms with van der Waals surface area (Å²) < 4.78 is 5.32. The van der Waals surface area contributed by atoms with E-state index in [2.05, 4.69) is 10.6 Å². The molecule has 1 atom stereocenters. The molecule has 3 rings (SSSR count). The van der Waals surface area contributed by atoms with Crippen LogP contribution in [0.25, 0.3) is 0 Å². The van der Waals surface area contributed by atoms with Crippen LogP contribution in [0.5, 0.6) is 5.75 Å². The molecule has 2 aromatic rings. The third-order valence-electron chi connectivity index (χ3n) is 3.74. The van der Waals surface area contributed by atoms with Crippen LogP contribution in [-0.4, -0.2) is 18.4 Å². The number of rotatable bonds is 3. The molecule has 6 heteroatoms. The van der Waals surface area contributed by atoms with Crippen LogP contribution in [0.15, 0.2) is 42.5 Å². The zero-order valence-electron chi connectivity index (χ0n) is 13.0. The van der Waals surface area contributed by atoms with Crippen molar-refractivity contribution in [1.29, 1.82) is 5.26 Å². The number of nitrogens with one attached hydrogen (secondary N) is 2. The fourth-order valence-electron chi connectivity index (χ4n) is 2.46. The van der Waals surface area contributed by atoms with Crippen LogP contribution in [0.4, 0.5) is 5.69 Å². The van der Waals surface area contributed by atoms with Crippen molar-refractivity contribution in [3.63, 3.8) is 0 Å². The highest BCUT2D eigenvalue weighted by Crippen LogP contribution is 2.30. The highest BCUT2D eigenvalue weighted by atomic mass is 16.5. The summed E-state index contributed by atoms with van der Waals surface area (Å²) in [4.78, 5) is 23.7. The van der Waals surface area contributed by atoms with Crippen LogP contribution in [0.2, 0.25) is 0 Å². The van der Waals surface area contributed by atoms with E-state index in [1.165, 1.54) is 0 Å². The molecular formula is C18H15N3O3. The van der Waals surface area contributed by atoms with Gasteiger partial charge in [-0.05, 0) is 42.8 Å². The molecule has 0 fully saturated rings. The lowest BCUT2D eigenvalue weighted by atomic mass is 10.1. The number of carbonyl (C=O) groups is 2. The van der Waals surface area contributed by atoms with Gasteiger partial charge in [-0.1, -0.05) is 12.1 Å². The van der Waals surface area contributed by atoms with Crippen LogP contribution in [0.3, 0.4) is 0 Å². The van der Waals surface area contributed by atoms with Crippen molar-refractivity contribution in [3.8, 4) is 11.8 Å². The Kier molecular flexibility index (Phi) is 4.17. The molecule has 0 spiro atoms. The Morgan fingerprint density at radius 2 is 2.17 bits per heavy atom. The molecule has 0 saturated carbocycles. The number of carbonyl (C=O) groups excluding carboxylic acids is 2. The van der Waals surface area contributed by atoms with Crippen molar-refractivity contribution in [3.05, 3.63) is 59.2 Å². The Balaban J connectivity index is 1.76. The van der Waals surface area contributed by atoms with Crippen LogP contribution in [-0.2, 0) is 4.79 Å². The normalized spacial score (nSPS) is 13.8. The first-order valence-electron chi connectivity index (χ1n) is 7.44. The lowest BCUT2D eigenvalue weighted by Crippen LogP contribution is -2.28. The van der Waals surface area contributed by atoms with Gasteiger partial charge in [0.05, 0.1) is 23.4 Å². The number of nitriles is 1. The number of amides is 2. The number of nitrogens with zero attached hydrogens (tertiary/aromatic N) is 1. The third kappa shape index (κ3) is 3.20. The molecule has 2 aromatic carbocycles. The second-order valence-electron chi connectivity index (χ2n) is 5.48. The number of anilines is 1.